The average Bonchev–Trinajstić information content (AvgIpc) is 2.78. The number of allylic oxidation sites excluding steroid dienone is 3. The summed E-state index contributed by atoms with van der Waals surface area (Å²) in [7, 11) is 0. The standard InChI is InChI=1S/C14H19NS/c1-3-12(2)13-9-10-15(11-13)16-14-7-5-4-6-8-14/h5,7-12H,3-4,6H2,1-2H3. The van der Waals surface area contributed by atoms with Gasteiger partial charge in [0.15, 0.2) is 0 Å². The highest BCUT2D eigenvalue weighted by molar-refractivity contribution is 8.01. The van der Waals surface area contributed by atoms with Crippen LogP contribution in [0.3, 0.4) is 0 Å². The normalized spacial score (nSPS) is 17.2. The van der Waals surface area contributed by atoms with Gasteiger partial charge in [0.2, 0.25) is 0 Å². The molecule has 16 heavy (non-hydrogen) atoms. The first-order valence-corrected chi connectivity index (χ1v) is 6.80. The van der Waals surface area contributed by atoms with Crippen LogP contribution in [0.2, 0.25) is 0 Å². The molecule has 0 aromatic carbocycles. The molecule has 1 aromatic rings. The van der Waals surface area contributed by atoms with Crippen molar-refractivity contribution in [3.8, 4) is 0 Å². The van der Waals surface area contributed by atoms with Crippen molar-refractivity contribution in [1.29, 1.82) is 0 Å². The predicted octanol–water partition coefficient (Wildman–Crippen LogP) is 4.73. The lowest BCUT2D eigenvalue weighted by Crippen LogP contribution is -1.89. The summed E-state index contributed by atoms with van der Waals surface area (Å²) < 4.78 is 2.21. The number of aromatic nitrogens is 1. The maximum absolute atomic E-state index is 2.31. The van der Waals surface area contributed by atoms with Crippen molar-refractivity contribution in [2.24, 2.45) is 0 Å². The van der Waals surface area contributed by atoms with E-state index in [0.717, 1.165) is 0 Å². The molecule has 86 valence electrons. The molecule has 0 saturated heterocycles. The van der Waals surface area contributed by atoms with Gasteiger partial charge in [-0.05, 0) is 48.8 Å². The molecule has 0 bridgehead atoms. The molecule has 0 aliphatic heterocycles. The van der Waals surface area contributed by atoms with Crippen molar-refractivity contribution in [1.82, 2.24) is 3.97 Å². The molecule has 2 heteroatoms. The largest absolute Gasteiger partial charge is 0.295 e. The van der Waals surface area contributed by atoms with E-state index in [0.29, 0.717) is 5.92 Å². The Morgan fingerprint density at radius 3 is 3.00 bits per heavy atom. The molecule has 0 radical (unpaired) electrons. The van der Waals surface area contributed by atoms with E-state index in [2.05, 4.69) is 54.5 Å². The SMILES string of the molecule is CCC(C)c1ccn(SC2=CCCC=C2)c1. The zero-order chi connectivity index (χ0) is 11.4. The molecule has 1 aliphatic carbocycles. The molecule has 1 aromatic heterocycles. The van der Waals surface area contributed by atoms with Crippen LogP contribution < -0.4 is 0 Å². The van der Waals surface area contributed by atoms with Crippen molar-refractivity contribution in [2.45, 2.75) is 39.0 Å². The van der Waals surface area contributed by atoms with Crippen molar-refractivity contribution in [2.75, 3.05) is 0 Å². The fourth-order valence-electron chi connectivity index (χ4n) is 1.76. The van der Waals surface area contributed by atoms with Crippen LogP contribution in [0.5, 0.6) is 0 Å². The topological polar surface area (TPSA) is 4.93 Å². The van der Waals surface area contributed by atoms with E-state index < -0.39 is 0 Å². The van der Waals surface area contributed by atoms with E-state index in [1.54, 1.807) is 11.9 Å². The Kier molecular flexibility index (Phi) is 3.94. The van der Waals surface area contributed by atoms with Gasteiger partial charge in [0.05, 0.1) is 0 Å². The van der Waals surface area contributed by atoms with Gasteiger partial charge in [-0.25, -0.2) is 0 Å². The quantitative estimate of drug-likeness (QED) is 0.727. The second-order valence-corrected chi connectivity index (χ2v) is 5.37. The maximum atomic E-state index is 2.31. The van der Waals surface area contributed by atoms with Crippen LogP contribution in [0.15, 0.2) is 41.6 Å². The first-order chi connectivity index (χ1) is 7.79. The number of hydrogen-bond acceptors (Lipinski definition) is 1. The zero-order valence-electron chi connectivity index (χ0n) is 10.0. The molecule has 0 saturated carbocycles. The van der Waals surface area contributed by atoms with Gasteiger partial charge in [0, 0.05) is 17.3 Å². The van der Waals surface area contributed by atoms with Gasteiger partial charge >= 0.3 is 0 Å². The van der Waals surface area contributed by atoms with E-state index in [-0.39, 0.29) is 0 Å². The third-order valence-electron chi connectivity index (χ3n) is 3.04. The summed E-state index contributed by atoms with van der Waals surface area (Å²) in [6, 6.07) is 2.23. The molecule has 1 unspecified atom stereocenters. The van der Waals surface area contributed by atoms with Crippen molar-refractivity contribution in [3.63, 3.8) is 0 Å². The van der Waals surface area contributed by atoms with E-state index >= 15 is 0 Å². The Morgan fingerprint density at radius 1 is 1.44 bits per heavy atom. The highest BCUT2D eigenvalue weighted by Gasteiger charge is 2.06. The lowest BCUT2D eigenvalue weighted by Gasteiger charge is -2.07. The Morgan fingerprint density at radius 2 is 2.31 bits per heavy atom. The fourth-order valence-corrected chi connectivity index (χ4v) is 2.64. The van der Waals surface area contributed by atoms with Gasteiger partial charge < -0.3 is 0 Å². The summed E-state index contributed by atoms with van der Waals surface area (Å²) in [5, 5.41) is 0. The average molecular weight is 233 g/mol. The minimum absolute atomic E-state index is 0.665. The first-order valence-electron chi connectivity index (χ1n) is 6.02. The Labute approximate surface area is 102 Å². The molecule has 0 fully saturated rings. The van der Waals surface area contributed by atoms with Gasteiger partial charge in [-0.2, -0.15) is 0 Å². The molecule has 1 heterocycles. The van der Waals surface area contributed by atoms with Crippen LogP contribution in [-0.4, -0.2) is 3.97 Å². The van der Waals surface area contributed by atoms with Gasteiger partial charge in [-0.1, -0.05) is 32.1 Å². The molecule has 2 rings (SSSR count). The lowest BCUT2D eigenvalue weighted by molar-refractivity contribution is 0.734. The van der Waals surface area contributed by atoms with Crippen molar-refractivity contribution in [3.05, 3.63) is 47.2 Å². The first kappa shape index (κ1) is 11.6. The summed E-state index contributed by atoms with van der Waals surface area (Å²) in [4.78, 5) is 1.36. The minimum Gasteiger partial charge on any atom is -0.295 e. The molecular formula is C14H19NS. The Hall–Kier alpha value is -0.890. The summed E-state index contributed by atoms with van der Waals surface area (Å²) >= 11 is 1.80. The molecule has 0 spiro atoms. The van der Waals surface area contributed by atoms with E-state index in [1.165, 1.54) is 29.7 Å². The highest BCUT2D eigenvalue weighted by atomic mass is 32.2. The number of rotatable bonds is 4. The maximum Gasteiger partial charge on any atom is 0.0247 e. The highest BCUT2D eigenvalue weighted by Crippen LogP contribution is 2.27. The summed E-state index contributed by atoms with van der Waals surface area (Å²) in [6.07, 6.45) is 14.8. The van der Waals surface area contributed by atoms with Gasteiger partial charge in [0.1, 0.15) is 0 Å². The van der Waals surface area contributed by atoms with Crippen LogP contribution in [0, 0.1) is 0 Å². The predicted molar refractivity (Wildman–Crippen MR) is 72.6 cm³/mol. The van der Waals surface area contributed by atoms with Gasteiger partial charge in [-0.15, -0.1) is 0 Å². The van der Waals surface area contributed by atoms with E-state index in [1.807, 2.05) is 0 Å². The van der Waals surface area contributed by atoms with Crippen molar-refractivity contribution >= 4 is 11.9 Å². The molecule has 1 atom stereocenters. The molecule has 1 nitrogen and oxygen atoms in total. The second kappa shape index (κ2) is 5.44. The van der Waals surface area contributed by atoms with Crippen LogP contribution in [0.25, 0.3) is 0 Å². The van der Waals surface area contributed by atoms with E-state index in [9.17, 15) is 0 Å². The molecule has 1 aliphatic rings. The summed E-state index contributed by atoms with van der Waals surface area (Å²) in [6.45, 7) is 4.52. The summed E-state index contributed by atoms with van der Waals surface area (Å²) in [5.74, 6) is 0.665. The Bertz CT molecular complexity index is 401. The summed E-state index contributed by atoms with van der Waals surface area (Å²) in [5.41, 5.74) is 1.44. The molecular weight excluding hydrogens is 214 g/mol. The lowest BCUT2D eigenvalue weighted by atomic mass is 10.0. The molecule has 0 amide bonds. The van der Waals surface area contributed by atoms with Crippen LogP contribution >= 0.6 is 11.9 Å². The molecule has 0 N–H and O–H groups in total. The van der Waals surface area contributed by atoms with Crippen molar-refractivity contribution < 1.29 is 0 Å². The number of hydrogen-bond donors (Lipinski definition) is 0. The van der Waals surface area contributed by atoms with Crippen LogP contribution in [0.1, 0.15) is 44.6 Å². The van der Waals surface area contributed by atoms with Gasteiger partial charge in [-0.3, -0.25) is 3.97 Å². The third kappa shape index (κ3) is 2.82. The van der Waals surface area contributed by atoms with E-state index in [4.69, 9.17) is 0 Å². The van der Waals surface area contributed by atoms with Crippen LogP contribution in [-0.2, 0) is 0 Å². The number of nitrogens with zero attached hydrogens (tertiary/aromatic N) is 1. The van der Waals surface area contributed by atoms with Gasteiger partial charge in [0.25, 0.3) is 0 Å². The third-order valence-corrected chi connectivity index (χ3v) is 3.99. The monoisotopic (exact) mass is 233 g/mol. The Balaban J connectivity index is 2.02. The van der Waals surface area contributed by atoms with Crippen LogP contribution in [0.4, 0.5) is 0 Å². The second-order valence-electron chi connectivity index (χ2n) is 4.29. The fraction of sp³-hybridized carbons (Fsp3) is 0.429. The smallest absolute Gasteiger partial charge is 0.0247 e. The minimum atomic E-state index is 0.665. The zero-order valence-corrected chi connectivity index (χ0v) is 10.8.